The number of ether oxygens (including phenoxy) is 1. The SMILES string of the molecule is CC1(C)CN(C(CN)Cc2ccccc2)CC(C)(C)O1. The summed E-state index contributed by atoms with van der Waals surface area (Å²) < 4.78 is 6.15. The van der Waals surface area contributed by atoms with Crippen molar-refractivity contribution in [3.05, 3.63) is 35.9 Å². The fourth-order valence-corrected chi connectivity index (χ4v) is 3.35. The zero-order valence-corrected chi connectivity index (χ0v) is 13.2. The first kappa shape index (κ1) is 15.5. The smallest absolute Gasteiger partial charge is 0.0760 e. The van der Waals surface area contributed by atoms with Gasteiger partial charge in [-0.1, -0.05) is 30.3 Å². The monoisotopic (exact) mass is 276 g/mol. The van der Waals surface area contributed by atoms with Gasteiger partial charge in [0.1, 0.15) is 0 Å². The Morgan fingerprint density at radius 2 is 1.65 bits per heavy atom. The summed E-state index contributed by atoms with van der Waals surface area (Å²) in [6, 6.07) is 11.0. The van der Waals surface area contributed by atoms with Crippen molar-refractivity contribution in [2.24, 2.45) is 5.73 Å². The molecular weight excluding hydrogens is 248 g/mol. The van der Waals surface area contributed by atoms with Crippen LogP contribution in [-0.2, 0) is 11.2 Å². The van der Waals surface area contributed by atoms with Gasteiger partial charge in [0.05, 0.1) is 11.2 Å². The molecule has 0 aromatic heterocycles. The summed E-state index contributed by atoms with van der Waals surface area (Å²) in [6.07, 6.45) is 1.00. The molecule has 2 rings (SSSR count). The highest BCUT2D eigenvalue weighted by molar-refractivity contribution is 5.16. The summed E-state index contributed by atoms with van der Waals surface area (Å²) in [4.78, 5) is 2.50. The molecule has 0 radical (unpaired) electrons. The molecule has 0 bridgehead atoms. The molecule has 3 heteroatoms. The number of nitrogens with two attached hydrogens (primary N) is 1. The van der Waals surface area contributed by atoms with Crippen LogP contribution in [0.3, 0.4) is 0 Å². The maximum absolute atomic E-state index is 6.15. The molecule has 0 aliphatic carbocycles. The van der Waals surface area contributed by atoms with Gasteiger partial charge in [-0.15, -0.1) is 0 Å². The van der Waals surface area contributed by atoms with Crippen molar-refractivity contribution in [1.82, 2.24) is 4.90 Å². The molecule has 112 valence electrons. The topological polar surface area (TPSA) is 38.5 Å². The van der Waals surface area contributed by atoms with Gasteiger partial charge in [0.25, 0.3) is 0 Å². The van der Waals surface area contributed by atoms with Crippen molar-refractivity contribution in [2.75, 3.05) is 19.6 Å². The molecule has 0 amide bonds. The van der Waals surface area contributed by atoms with Crippen LogP contribution in [0.25, 0.3) is 0 Å². The summed E-state index contributed by atoms with van der Waals surface area (Å²) in [5, 5.41) is 0. The fourth-order valence-electron chi connectivity index (χ4n) is 3.35. The van der Waals surface area contributed by atoms with E-state index in [1.165, 1.54) is 5.56 Å². The molecular formula is C17H28N2O. The first-order valence-corrected chi connectivity index (χ1v) is 7.49. The van der Waals surface area contributed by atoms with Crippen LogP contribution in [-0.4, -0.2) is 41.8 Å². The molecule has 3 nitrogen and oxygen atoms in total. The molecule has 0 spiro atoms. The maximum atomic E-state index is 6.15. The standard InChI is InChI=1S/C17H28N2O/c1-16(2)12-19(13-17(3,4)20-16)15(11-18)10-14-8-6-5-7-9-14/h5-9,15H,10-13,18H2,1-4H3. The van der Waals surface area contributed by atoms with Gasteiger partial charge in [-0.3, -0.25) is 4.90 Å². The van der Waals surface area contributed by atoms with Gasteiger partial charge in [-0.05, 0) is 39.7 Å². The summed E-state index contributed by atoms with van der Waals surface area (Å²) in [5.41, 5.74) is 7.16. The van der Waals surface area contributed by atoms with Crippen LogP contribution in [0, 0.1) is 0 Å². The molecule has 1 aromatic carbocycles. The summed E-state index contributed by atoms with van der Waals surface area (Å²) in [7, 11) is 0. The third-order valence-corrected chi connectivity index (χ3v) is 3.82. The minimum atomic E-state index is -0.119. The Morgan fingerprint density at radius 3 is 2.15 bits per heavy atom. The predicted octanol–water partition coefficient (Wildman–Crippen LogP) is 2.45. The molecule has 1 fully saturated rings. The second-order valence-electron chi connectivity index (χ2n) is 7.11. The van der Waals surface area contributed by atoms with Crippen molar-refractivity contribution in [1.29, 1.82) is 0 Å². The lowest BCUT2D eigenvalue weighted by Gasteiger charge is -2.49. The lowest BCUT2D eigenvalue weighted by molar-refractivity contribution is -0.187. The molecule has 1 saturated heterocycles. The molecule has 20 heavy (non-hydrogen) atoms. The molecule has 1 aliphatic rings. The summed E-state index contributed by atoms with van der Waals surface area (Å²) >= 11 is 0. The van der Waals surface area contributed by atoms with Crippen LogP contribution in [0.5, 0.6) is 0 Å². The van der Waals surface area contributed by atoms with E-state index in [1.807, 2.05) is 0 Å². The molecule has 1 atom stereocenters. The van der Waals surface area contributed by atoms with E-state index in [2.05, 4.69) is 62.9 Å². The Morgan fingerprint density at radius 1 is 1.10 bits per heavy atom. The number of hydrogen-bond donors (Lipinski definition) is 1. The van der Waals surface area contributed by atoms with Crippen LogP contribution in [0.15, 0.2) is 30.3 Å². The van der Waals surface area contributed by atoms with Gasteiger partial charge in [-0.25, -0.2) is 0 Å². The van der Waals surface area contributed by atoms with Crippen molar-refractivity contribution in [3.63, 3.8) is 0 Å². The number of morpholine rings is 1. The van der Waals surface area contributed by atoms with E-state index < -0.39 is 0 Å². The Labute approximate surface area is 123 Å². The second kappa shape index (κ2) is 5.84. The first-order valence-electron chi connectivity index (χ1n) is 7.49. The predicted molar refractivity (Wildman–Crippen MR) is 83.8 cm³/mol. The van der Waals surface area contributed by atoms with Gasteiger partial charge < -0.3 is 10.5 Å². The van der Waals surface area contributed by atoms with E-state index in [-0.39, 0.29) is 11.2 Å². The van der Waals surface area contributed by atoms with E-state index in [0.29, 0.717) is 12.6 Å². The molecule has 2 N–H and O–H groups in total. The van der Waals surface area contributed by atoms with E-state index in [1.54, 1.807) is 0 Å². The third-order valence-electron chi connectivity index (χ3n) is 3.82. The zero-order chi connectivity index (χ0) is 14.8. The van der Waals surface area contributed by atoms with Gasteiger partial charge in [0.2, 0.25) is 0 Å². The Bertz CT molecular complexity index is 412. The molecule has 1 heterocycles. The van der Waals surface area contributed by atoms with Crippen molar-refractivity contribution in [2.45, 2.75) is 51.4 Å². The summed E-state index contributed by atoms with van der Waals surface area (Å²) in [5.74, 6) is 0. The minimum absolute atomic E-state index is 0.119. The van der Waals surface area contributed by atoms with Crippen LogP contribution < -0.4 is 5.73 Å². The second-order valence-corrected chi connectivity index (χ2v) is 7.11. The average molecular weight is 276 g/mol. The van der Waals surface area contributed by atoms with Gasteiger partial charge in [0.15, 0.2) is 0 Å². The normalized spacial score (nSPS) is 23.4. The maximum Gasteiger partial charge on any atom is 0.0760 e. The fraction of sp³-hybridized carbons (Fsp3) is 0.647. The molecule has 1 aliphatic heterocycles. The van der Waals surface area contributed by atoms with E-state index in [9.17, 15) is 0 Å². The molecule has 1 unspecified atom stereocenters. The molecule has 0 saturated carbocycles. The number of nitrogens with zero attached hydrogens (tertiary/aromatic N) is 1. The summed E-state index contributed by atoms with van der Waals surface area (Å²) in [6.45, 7) is 11.2. The molecule has 1 aromatic rings. The highest BCUT2D eigenvalue weighted by atomic mass is 16.5. The minimum Gasteiger partial charge on any atom is -0.367 e. The van der Waals surface area contributed by atoms with Crippen molar-refractivity contribution in [3.8, 4) is 0 Å². The Kier molecular flexibility index (Phi) is 4.52. The third kappa shape index (κ3) is 4.05. The van der Waals surface area contributed by atoms with Gasteiger partial charge >= 0.3 is 0 Å². The van der Waals surface area contributed by atoms with Gasteiger partial charge in [-0.2, -0.15) is 0 Å². The Hall–Kier alpha value is -0.900. The highest BCUT2D eigenvalue weighted by Gasteiger charge is 2.40. The lowest BCUT2D eigenvalue weighted by atomic mass is 9.95. The first-order chi connectivity index (χ1) is 9.31. The highest BCUT2D eigenvalue weighted by Crippen LogP contribution is 2.29. The van der Waals surface area contributed by atoms with E-state index >= 15 is 0 Å². The zero-order valence-electron chi connectivity index (χ0n) is 13.2. The number of rotatable bonds is 4. The van der Waals surface area contributed by atoms with Crippen LogP contribution >= 0.6 is 0 Å². The number of hydrogen-bond acceptors (Lipinski definition) is 3. The lowest BCUT2D eigenvalue weighted by Crippen LogP contribution is -2.61. The van der Waals surface area contributed by atoms with Crippen LogP contribution in [0.1, 0.15) is 33.3 Å². The van der Waals surface area contributed by atoms with E-state index in [4.69, 9.17) is 10.5 Å². The van der Waals surface area contributed by atoms with Crippen LogP contribution in [0.2, 0.25) is 0 Å². The number of benzene rings is 1. The average Bonchev–Trinajstić information content (AvgIpc) is 2.33. The Balaban J connectivity index is 2.10. The quantitative estimate of drug-likeness (QED) is 0.918. The van der Waals surface area contributed by atoms with Crippen molar-refractivity contribution < 1.29 is 4.74 Å². The largest absolute Gasteiger partial charge is 0.367 e. The van der Waals surface area contributed by atoms with Crippen LogP contribution in [0.4, 0.5) is 0 Å². The van der Waals surface area contributed by atoms with E-state index in [0.717, 1.165) is 19.5 Å². The van der Waals surface area contributed by atoms with Gasteiger partial charge in [0, 0.05) is 25.7 Å². The van der Waals surface area contributed by atoms with Crippen molar-refractivity contribution >= 4 is 0 Å².